The number of carbonyl (C=O) groups is 2. The lowest BCUT2D eigenvalue weighted by Crippen LogP contribution is -2.11. The van der Waals surface area contributed by atoms with E-state index >= 15 is 0 Å². The topological polar surface area (TPSA) is 145 Å². The van der Waals surface area contributed by atoms with Crippen LogP contribution in [0, 0.1) is 0 Å². The minimum atomic E-state index is -0.675. The van der Waals surface area contributed by atoms with E-state index < -0.39 is 11.8 Å². The molecule has 8 nitrogen and oxygen atoms in total. The molecule has 0 heterocycles. The quantitative estimate of drug-likeness (QED) is 0.656. The van der Waals surface area contributed by atoms with Crippen LogP contribution in [0.15, 0.2) is 36.4 Å². The van der Waals surface area contributed by atoms with Crippen molar-refractivity contribution in [2.45, 2.75) is 0 Å². The van der Waals surface area contributed by atoms with Gasteiger partial charge in [0.25, 0.3) is 11.8 Å². The first kappa shape index (κ1) is 18.6. The standard InChI is InChI=1S/2C8H9NO3/c1-12-5-2-3-7(10)6(4-5)8(9)11;1-12-6-4-2-3-5(7(6)10)8(9)11/h2*2-4,10H,1H3,(H2,9,11). The number of methoxy groups -OCH3 is 2. The molecule has 24 heavy (non-hydrogen) atoms. The molecule has 0 aromatic heterocycles. The second-order valence-corrected chi connectivity index (χ2v) is 4.47. The highest BCUT2D eigenvalue weighted by Gasteiger charge is 2.10. The van der Waals surface area contributed by atoms with Gasteiger partial charge in [-0.1, -0.05) is 6.07 Å². The molecule has 0 spiro atoms. The van der Waals surface area contributed by atoms with Gasteiger partial charge in [-0.05, 0) is 30.3 Å². The fraction of sp³-hybridized carbons (Fsp3) is 0.125. The van der Waals surface area contributed by atoms with Crippen LogP contribution in [0.25, 0.3) is 0 Å². The largest absolute Gasteiger partial charge is 0.507 e. The number of ether oxygens (including phenoxy) is 2. The molecule has 0 saturated heterocycles. The molecule has 0 fully saturated rings. The highest BCUT2D eigenvalue weighted by Crippen LogP contribution is 2.28. The highest BCUT2D eigenvalue weighted by molar-refractivity contribution is 5.96. The second kappa shape index (κ2) is 8.28. The third-order valence-electron chi connectivity index (χ3n) is 2.95. The zero-order valence-electron chi connectivity index (χ0n) is 13.1. The van der Waals surface area contributed by atoms with Crippen molar-refractivity contribution in [3.8, 4) is 23.0 Å². The Morgan fingerprint density at radius 3 is 2.04 bits per heavy atom. The molecule has 0 radical (unpaired) electrons. The van der Waals surface area contributed by atoms with Crippen LogP contribution in [0.1, 0.15) is 20.7 Å². The van der Waals surface area contributed by atoms with E-state index in [0.29, 0.717) is 5.75 Å². The molecule has 0 aliphatic heterocycles. The minimum Gasteiger partial charge on any atom is -0.507 e. The van der Waals surface area contributed by atoms with Crippen LogP contribution in [0.4, 0.5) is 0 Å². The van der Waals surface area contributed by atoms with Gasteiger partial charge in [0.1, 0.15) is 11.5 Å². The molecule has 0 bridgehead atoms. The Morgan fingerprint density at radius 2 is 1.54 bits per heavy atom. The summed E-state index contributed by atoms with van der Waals surface area (Å²) >= 11 is 0. The Balaban J connectivity index is 0.000000240. The van der Waals surface area contributed by atoms with E-state index in [0.717, 1.165) is 0 Å². The average molecular weight is 334 g/mol. The summed E-state index contributed by atoms with van der Waals surface area (Å²) in [5, 5.41) is 18.5. The van der Waals surface area contributed by atoms with Crippen molar-refractivity contribution in [3.05, 3.63) is 47.5 Å². The lowest BCUT2D eigenvalue weighted by Gasteiger charge is -2.04. The fourth-order valence-electron chi connectivity index (χ4n) is 1.73. The maximum atomic E-state index is 10.7. The van der Waals surface area contributed by atoms with Crippen molar-refractivity contribution in [2.75, 3.05) is 14.2 Å². The molecular formula is C16H18N2O6. The Labute approximate surface area is 138 Å². The van der Waals surface area contributed by atoms with E-state index in [1.54, 1.807) is 18.2 Å². The SMILES string of the molecule is COc1ccc(O)c(C(N)=O)c1.COc1cccc(C(N)=O)c1O. The van der Waals surface area contributed by atoms with Crippen LogP contribution in [0.2, 0.25) is 0 Å². The number of benzene rings is 2. The van der Waals surface area contributed by atoms with Gasteiger partial charge in [-0.25, -0.2) is 0 Å². The molecule has 8 heteroatoms. The highest BCUT2D eigenvalue weighted by atomic mass is 16.5. The molecule has 2 rings (SSSR count). The van der Waals surface area contributed by atoms with Crippen molar-refractivity contribution in [1.29, 1.82) is 0 Å². The van der Waals surface area contributed by atoms with E-state index in [4.69, 9.17) is 26.0 Å². The summed E-state index contributed by atoms with van der Waals surface area (Å²) < 4.78 is 9.62. The predicted molar refractivity (Wildman–Crippen MR) is 86.4 cm³/mol. The van der Waals surface area contributed by atoms with E-state index in [2.05, 4.69) is 0 Å². The summed E-state index contributed by atoms with van der Waals surface area (Å²) in [5.41, 5.74) is 10.1. The number of aromatic hydroxyl groups is 2. The molecule has 128 valence electrons. The van der Waals surface area contributed by atoms with E-state index in [-0.39, 0.29) is 28.4 Å². The Hall–Kier alpha value is -3.42. The first-order valence-electron chi connectivity index (χ1n) is 6.64. The molecule has 0 unspecified atom stereocenters. The number of phenols is 2. The van der Waals surface area contributed by atoms with Crippen LogP contribution >= 0.6 is 0 Å². The predicted octanol–water partition coefficient (Wildman–Crippen LogP) is 0.999. The smallest absolute Gasteiger partial charge is 0.252 e. The summed E-state index contributed by atoms with van der Waals surface area (Å²) in [6, 6.07) is 8.85. The van der Waals surface area contributed by atoms with Gasteiger partial charge in [0.2, 0.25) is 0 Å². The lowest BCUT2D eigenvalue weighted by atomic mass is 10.2. The maximum Gasteiger partial charge on any atom is 0.252 e. The number of nitrogens with two attached hydrogens (primary N) is 2. The Kier molecular flexibility index (Phi) is 6.42. The lowest BCUT2D eigenvalue weighted by molar-refractivity contribution is 0.0988. The monoisotopic (exact) mass is 334 g/mol. The van der Waals surface area contributed by atoms with E-state index in [9.17, 15) is 14.7 Å². The molecule has 2 aromatic rings. The van der Waals surface area contributed by atoms with Gasteiger partial charge in [0, 0.05) is 0 Å². The van der Waals surface area contributed by atoms with Gasteiger partial charge in [-0.3, -0.25) is 9.59 Å². The molecule has 0 saturated carbocycles. The van der Waals surface area contributed by atoms with Gasteiger partial charge >= 0.3 is 0 Å². The van der Waals surface area contributed by atoms with Crippen LogP contribution in [0.3, 0.4) is 0 Å². The number of para-hydroxylation sites is 1. The summed E-state index contributed by atoms with van der Waals surface area (Å²) in [5.74, 6) is -0.971. The summed E-state index contributed by atoms with van der Waals surface area (Å²) in [4.78, 5) is 21.4. The summed E-state index contributed by atoms with van der Waals surface area (Å²) in [6.07, 6.45) is 0. The van der Waals surface area contributed by atoms with E-state index in [1.165, 1.54) is 32.4 Å². The number of primary amides is 2. The van der Waals surface area contributed by atoms with Gasteiger partial charge < -0.3 is 31.2 Å². The van der Waals surface area contributed by atoms with Gasteiger partial charge in [-0.2, -0.15) is 0 Å². The zero-order valence-corrected chi connectivity index (χ0v) is 13.1. The van der Waals surface area contributed by atoms with Crippen molar-refractivity contribution >= 4 is 11.8 Å². The zero-order chi connectivity index (χ0) is 18.3. The molecule has 6 N–H and O–H groups in total. The summed E-state index contributed by atoms with van der Waals surface area (Å²) in [7, 11) is 2.87. The number of carbonyl (C=O) groups excluding carboxylic acids is 2. The summed E-state index contributed by atoms with van der Waals surface area (Å²) in [6.45, 7) is 0. The number of rotatable bonds is 4. The van der Waals surface area contributed by atoms with Gasteiger partial charge in [-0.15, -0.1) is 0 Å². The van der Waals surface area contributed by atoms with Crippen molar-refractivity contribution in [1.82, 2.24) is 0 Å². The van der Waals surface area contributed by atoms with Crippen molar-refractivity contribution in [3.63, 3.8) is 0 Å². The number of amides is 2. The molecule has 0 aliphatic carbocycles. The number of hydrogen-bond acceptors (Lipinski definition) is 6. The molecule has 2 aromatic carbocycles. The normalized spacial score (nSPS) is 9.42. The second-order valence-electron chi connectivity index (χ2n) is 4.47. The van der Waals surface area contributed by atoms with E-state index in [1.807, 2.05) is 0 Å². The molecule has 0 atom stereocenters. The Bertz CT molecular complexity index is 733. The van der Waals surface area contributed by atoms with Gasteiger partial charge in [0.15, 0.2) is 11.5 Å². The fourth-order valence-corrected chi connectivity index (χ4v) is 1.73. The third kappa shape index (κ3) is 4.54. The first-order chi connectivity index (χ1) is 11.3. The van der Waals surface area contributed by atoms with Crippen molar-refractivity contribution in [2.24, 2.45) is 11.5 Å². The molecule has 0 aliphatic rings. The van der Waals surface area contributed by atoms with Crippen LogP contribution in [-0.2, 0) is 0 Å². The first-order valence-corrected chi connectivity index (χ1v) is 6.64. The van der Waals surface area contributed by atoms with Gasteiger partial charge in [0.05, 0.1) is 25.3 Å². The minimum absolute atomic E-state index is 0.0642. The van der Waals surface area contributed by atoms with Crippen LogP contribution in [-0.4, -0.2) is 36.2 Å². The van der Waals surface area contributed by atoms with Crippen LogP contribution in [0.5, 0.6) is 23.0 Å². The molecular weight excluding hydrogens is 316 g/mol. The van der Waals surface area contributed by atoms with Crippen molar-refractivity contribution < 1.29 is 29.3 Å². The van der Waals surface area contributed by atoms with Crippen LogP contribution < -0.4 is 20.9 Å². The third-order valence-corrected chi connectivity index (χ3v) is 2.95. The number of hydrogen-bond donors (Lipinski definition) is 4. The average Bonchev–Trinajstić information content (AvgIpc) is 2.55. The maximum absolute atomic E-state index is 10.7. The Morgan fingerprint density at radius 1 is 0.917 bits per heavy atom. The molecule has 2 amide bonds.